The molecule has 0 spiro atoms. The van der Waals surface area contributed by atoms with Crippen molar-refractivity contribution in [3.05, 3.63) is 11.6 Å². The molecule has 0 aromatic rings. The van der Waals surface area contributed by atoms with Crippen molar-refractivity contribution in [1.29, 1.82) is 0 Å². The van der Waals surface area contributed by atoms with Crippen molar-refractivity contribution in [3.8, 4) is 0 Å². The summed E-state index contributed by atoms with van der Waals surface area (Å²) in [4.78, 5) is 0. The second-order valence-corrected chi connectivity index (χ2v) is 10.0. The average molecular weight is 242 g/mol. The molecule has 96 valence electrons. The Morgan fingerprint density at radius 1 is 1.25 bits per heavy atom. The molecule has 0 fully saturated rings. The van der Waals surface area contributed by atoms with Gasteiger partial charge in [0.15, 0.2) is 8.32 Å². The zero-order chi connectivity index (χ0) is 12.6. The molecule has 0 rings (SSSR count). The highest BCUT2D eigenvalue weighted by molar-refractivity contribution is 6.71. The Morgan fingerprint density at radius 2 is 1.88 bits per heavy atom. The van der Waals surface area contributed by atoms with E-state index in [0.717, 1.165) is 12.5 Å². The zero-order valence-electron chi connectivity index (χ0n) is 12.1. The molecule has 0 saturated carbocycles. The van der Waals surface area contributed by atoms with Crippen molar-refractivity contribution in [1.82, 2.24) is 0 Å². The molecule has 0 aromatic heterocycles. The van der Waals surface area contributed by atoms with E-state index in [9.17, 15) is 0 Å². The topological polar surface area (TPSA) is 9.23 Å². The van der Waals surface area contributed by atoms with Crippen LogP contribution in [0.5, 0.6) is 0 Å². The molecular weight excluding hydrogens is 212 g/mol. The summed E-state index contributed by atoms with van der Waals surface area (Å²) in [5.74, 6) is 0.836. The van der Waals surface area contributed by atoms with Crippen LogP contribution in [0.1, 0.15) is 47.0 Å². The van der Waals surface area contributed by atoms with Crippen LogP contribution < -0.4 is 0 Å². The summed E-state index contributed by atoms with van der Waals surface area (Å²) in [5.41, 5.74) is 1.44. The maximum atomic E-state index is 5.85. The SMILES string of the molecule is CCO[Si](C)(C)CC[C@@H](C)CCC=C(C)C. The quantitative estimate of drug-likeness (QED) is 0.430. The summed E-state index contributed by atoms with van der Waals surface area (Å²) in [6, 6.07) is 1.30. The summed E-state index contributed by atoms with van der Waals surface area (Å²) >= 11 is 0. The summed E-state index contributed by atoms with van der Waals surface area (Å²) in [6.07, 6.45) is 6.24. The van der Waals surface area contributed by atoms with Crippen molar-refractivity contribution in [3.63, 3.8) is 0 Å². The molecule has 16 heavy (non-hydrogen) atoms. The molecule has 0 heterocycles. The smallest absolute Gasteiger partial charge is 0.186 e. The predicted molar refractivity (Wildman–Crippen MR) is 76.4 cm³/mol. The lowest BCUT2D eigenvalue weighted by Gasteiger charge is -2.23. The Labute approximate surface area is 103 Å². The van der Waals surface area contributed by atoms with Crippen molar-refractivity contribution in [2.24, 2.45) is 5.92 Å². The van der Waals surface area contributed by atoms with E-state index >= 15 is 0 Å². The molecule has 0 bridgehead atoms. The van der Waals surface area contributed by atoms with Crippen LogP contribution in [0.25, 0.3) is 0 Å². The first kappa shape index (κ1) is 15.9. The van der Waals surface area contributed by atoms with E-state index in [4.69, 9.17) is 4.43 Å². The molecule has 0 aliphatic heterocycles. The molecular formula is C14H30OSi. The second kappa shape index (κ2) is 8.07. The fraction of sp³-hybridized carbons (Fsp3) is 0.857. The summed E-state index contributed by atoms with van der Waals surface area (Å²) in [7, 11) is -1.34. The number of rotatable bonds is 8. The van der Waals surface area contributed by atoms with Gasteiger partial charge in [0.1, 0.15) is 0 Å². The molecule has 2 heteroatoms. The Kier molecular flexibility index (Phi) is 8.03. The van der Waals surface area contributed by atoms with Crippen molar-refractivity contribution in [2.45, 2.75) is 66.1 Å². The lowest BCUT2D eigenvalue weighted by atomic mass is 10.0. The molecule has 0 N–H and O–H groups in total. The van der Waals surface area contributed by atoms with Crippen LogP contribution >= 0.6 is 0 Å². The first-order valence-electron chi connectivity index (χ1n) is 6.64. The third kappa shape index (κ3) is 9.17. The minimum absolute atomic E-state index is 0.836. The Bertz CT molecular complexity index is 205. The summed E-state index contributed by atoms with van der Waals surface area (Å²) in [6.45, 7) is 14.4. The van der Waals surface area contributed by atoms with Gasteiger partial charge in [-0.1, -0.05) is 25.0 Å². The molecule has 0 unspecified atom stereocenters. The fourth-order valence-corrected chi connectivity index (χ4v) is 3.97. The highest BCUT2D eigenvalue weighted by Crippen LogP contribution is 2.21. The molecule has 1 nitrogen and oxygen atoms in total. The third-order valence-electron chi connectivity index (χ3n) is 2.99. The van der Waals surface area contributed by atoms with Gasteiger partial charge < -0.3 is 4.43 Å². The van der Waals surface area contributed by atoms with Crippen molar-refractivity contribution < 1.29 is 4.43 Å². The monoisotopic (exact) mass is 242 g/mol. The van der Waals surface area contributed by atoms with E-state index in [0.29, 0.717) is 0 Å². The predicted octanol–water partition coefficient (Wildman–Crippen LogP) is 5.00. The first-order valence-corrected chi connectivity index (χ1v) is 9.76. The minimum atomic E-state index is -1.34. The van der Waals surface area contributed by atoms with Gasteiger partial charge in [-0.05, 0) is 58.7 Å². The second-order valence-electron chi connectivity index (χ2n) is 5.70. The van der Waals surface area contributed by atoms with Crippen LogP contribution in [-0.2, 0) is 4.43 Å². The number of hydrogen-bond acceptors (Lipinski definition) is 1. The van der Waals surface area contributed by atoms with Gasteiger partial charge in [0.25, 0.3) is 0 Å². The van der Waals surface area contributed by atoms with Crippen LogP contribution in [0.4, 0.5) is 0 Å². The standard InChI is InChI=1S/C14H30OSi/c1-7-15-16(5,6)12-11-14(4)10-8-9-13(2)3/h9,14H,7-8,10-12H2,1-6H3/t14-/m0/s1. The van der Waals surface area contributed by atoms with Crippen LogP contribution in [0.15, 0.2) is 11.6 Å². The van der Waals surface area contributed by atoms with Crippen LogP contribution in [0, 0.1) is 5.92 Å². The molecule has 0 aromatic carbocycles. The lowest BCUT2D eigenvalue weighted by Crippen LogP contribution is -2.30. The van der Waals surface area contributed by atoms with Gasteiger partial charge in [-0.25, -0.2) is 0 Å². The van der Waals surface area contributed by atoms with Crippen LogP contribution in [-0.4, -0.2) is 14.9 Å². The van der Waals surface area contributed by atoms with Gasteiger partial charge in [-0.2, -0.15) is 0 Å². The van der Waals surface area contributed by atoms with Gasteiger partial charge in [-0.15, -0.1) is 0 Å². The van der Waals surface area contributed by atoms with E-state index in [1.807, 2.05) is 0 Å². The van der Waals surface area contributed by atoms with Crippen LogP contribution in [0.3, 0.4) is 0 Å². The van der Waals surface area contributed by atoms with E-state index in [-0.39, 0.29) is 0 Å². The van der Waals surface area contributed by atoms with Gasteiger partial charge in [-0.3, -0.25) is 0 Å². The maximum Gasteiger partial charge on any atom is 0.186 e. The molecule has 0 saturated heterocycles. The first-order chi connectivity index (χ1) is 7.37. The van der Waals surface area contributed by atoms with E-state index in [1.54, 1.807) is 0 Å². The highest BCUT2D eigenvalue weighted by atomic mass is 28.4. The Morgan fingerprint density at radius 3 is 2.38 bits per heavy atom. The largest absolute Gasteiger partial charge is 0.418 e. The van der Waals surface area contributed by atoms with Crippen molar-refractivity contribution >= 4 is 8.32 Å². The molecule has 1 atom stereocenters. The molecule has 0 radical (unpaired) electrons. The van der Waals surface area contributed by atoms with Gasteiger partial charge in [0, 0.05) is 6.61 Å². The maximum absolute atomic E-state index is 5.85. The fourth-order valence-electron chi connectivity index (χ4n) is 1.86. The average Bonchev–Trinajstić information content (AvgIpc) is 2.14. The van der Waals surface area contributed by atoms with E-state index < -0.39 is 8.32 Å². The van der Waals surface area contributed by atoms with Gasteiger partial charge >= 0.3 is 0 Å². The minimum Gasteiger partial charge on any atom is -0.418 e. The van der Waals surface area contributed by atoms with Crippen LogP contribution in [0.2, 0.25) is 19.1 Å². The zero-order valence-corrected chi connectivity index (χ0v) is 13.1. The molecule has 0 aliphatic carbocycles. The number of hydrogen-bond donors (Lipinski definition) is 0. The van der Waals surface area contributed by atoms with E-state index in [1.165, 1.54) is 30.9 Å². The summed E-state index contributed by atoms with van der Waals surface area (Å²) < 4.78 is 5.85. The van der Waals surface area contributed by atoms with E-state index in [2.05, 4.69) is 46.9 Å². The highest BCUT2D eigenvalue weighted by Gasteiger charge is 2.21. The van der Waals surface area contributed by atoms with Gasteiger partial charge in [0.05, 0.1) is 0 Å². The van der Waals surface area contributed by atoms with Crippen molar-refractivity contribution in [2.75, 3.05) is 6.61 Å². The molecule has 0 aliphatic rings. The normalized spacial score (nSPS) is 13.6. The molecule has 0 amide bonds. The number of allylic oxidation sites excluding steroid dienone is 2. The summed E-state index contributed by atoms with van der Waals surface area (Å²) in [5, 5.41) is 0. The lowest BCUT2D eigenvalue weighted by molar-refractivity contribution is 0.324. The third-order valence-corrected chi connectivity index (χ3v) is 5.55. The Hall–Kier alpha value is -0.0831. The Balaban J connectivity index is 3.72. The van der Waals surface area contributed by atoms with Gasteiger partial charge in [0.2, 0.25) is 0 Å².